The molecule has 0 amide bonds. The van der Waals surface area contributed by atoms with Crippen molar-refractivity contribution >= 4 is 17.0 Å². The first kappa shape index (κ1) is 18.3. The van der Waals surface area contributed by atoms with E-state index in [2.05, 4.69) is 21.4 Å². The maximum atomic E-state index is 11.1. The molecule has 0 bridgehead atoms. The van der Waals surface area contributed by atoms with Crippen LogP contribution < -0.4 is 4.74 Å². The fourth-order valence-electron chi connectivity index (χ4n) is 3.31. The Morgan fingerprint density at radius 1 is 1.35 bits per heavy atom. The lowest BCUT2D eigenvalue weighted by atomic mass is 9.97. The lowest BCUT2D eigenvalue weighted by Gasteiger charge is -2.32. The highest BCUT2D eigenvalue weighted by atomic mass is 16.5. The van der Waals surface area contributed by atoms with E-state index in [1.807, 2.05) is 30.3 Å². The largest absolute Gasteiger partial charge is 0.481 e. The normalized spacial score (nSPS) is 17.1. The summed E-state index contributed by atoms with van der Waals surface area (Å²) in [5.74, 6) is -0.376. The quantitative estimate of drug-likeness (QED) is 0.733. The molecule has 3 rings (SSSR count). The maximum absolute atomic E-state index is 11.1. The van der Waals surface area contributed by atoms with Gasteiger partial charge < -0.3 is 9.84 Å². The number of carboxylic acid groups (broad SMARTS) is 1. The molecule has 0 radical (unpaired) electrons. The first-order valence-electron chi connectivity index (χ1n) is 9.10. The predicted octanol–water partition coefficient (Wildman–Crippen LogP) is 3.14. The fourth-order valence-corrected chi connectivity index (χ4v) is 3.31. The van der Waals surface area contributed by atoms with Crippen LogP contribution in [-0.4, -0.2) is 51.7 Å². The number of ether oxygens (including phenoxy) is 1. The van der Waals surface area contributed by atoms with Gasteiger partial charge in [-0.15, -0.1) is 6.58 Å². The number of fused-ring (bicyclic) bond motifs is 1. The Morgan fingerprint density at radius 2 is 2.08 bits per heavy atom. The van der Waals surface area contributed by atoms with Crippen molar-refractivity contribution in [1.29, 1.82) is 0 Å². The van der Waals surface area contributed by atoms with Crippen molar-refractivity contribution in [3.8, 4) is 5.88 Å². The van der Waals surface area contributed by atoms with Gasteiger partial charge in [-0.2, -0.15) is 0 Å². The second-order valence-corrected chi connectivity index (χ2v) is 6.72. The van der Waals surface area contributed by atoms with Crippen LogP contribution in [0.4, 0.5) is 0 Å². The zero-order chi connectivity index (χ0) is 18.4. The molecule has 1 aliphatic rings. The molecule has 138 valence electrons. The molecule has 1 unspecified atom stereocenters. The summed E-state index contributed by atoms with van der Waals surface area (Å²) >= 11 is 0. The number of nitrogens with zero attached hydrogens (tertiary/aromatic N) is 3. The lowest BCUT2D eigenvalue weighted by molar-refractivity contribution is -0.143. The number of likely N-dealkylation sites (tertiary alicyclic amines) is 1. The number of para-hydroxylation sites is 2. The summed E-state index contributed by atoms with van der Waals surface area (Å²) in [6.45, 7) is 6.13. The number of hydrogen-bond acceptors (Lipinski definition) is 5. The highest BCUT2D eigenvalue weighted by Crippen LogP contribution is 2.20. The van der Waals surface area contributed by atoms with E-state index in [1.165, 1.54) is 0 Å². The Kier molecular flexibility index (Phi) is 6.17. The van der Waals surface area contributed by atoms with Crippen molar-refractivity contribution in [2.45, 2.75) is 31.8 Å². The van der Waals surface area contributed by atoms with Gasteiger partial charge in [-0.3, -0.25) is 9.69 Å². The van der Waals surface area contributed by atoms with Crippen molar-refractivity contribution in [1.82, 2.24) is 14.9 Å². The summed E-state index contributed by atoms with van der Waals surface area (Å²) in [5.41, 5.74) is 1.66. The van der Waals surface area contributed by atoms with Crippen LogP contribution in [0.2, 0.25) is 0 Å². The number of carbonyl (C=O) groups is 1. The molecule has 0 saturated carbocycles. The minimum atomic E-state index is -0.685. The van der Waals surface area contributed by atoms with Gasteiger partial charge in [0.05, 0.1) is 23.1 Å². The molecule has 0 spiro atoms. The van der Waals surface area contributed by atoms with E-state index in [1.54, 1.807) is 6.20 Å². The van der Waals surface area contributed by atoms with Gasteiger partial charge in [-0.25, -0.2) is 9.97 Å². The van der Waals surface area contributed by atoms with Gasteiger partial charge in [0.2, 0.25) is 5.88 Å². The molecule has 1 aromatic heterocycles. The third-order valence-corrected chi connectivity index (χ3v) is 4.81. The van der Waals surface area contributed by atoms with E-state index in [0.717, 1.165) is 43.5 Å². The van der Waals surface area contributed by atoms with Gasteiger partial charge in [0.25, 0.3) is 0 Å². The van der Waals surface area contributed by atoms with E-state index in [4.69, 9.17) is 9.84 Å². The third kappa shape index (κ3) is 4.79. The second-order valence-electron chi connectivity index (χ2n) is 6.72. The zero-order valence-electron chi connectivity index (χ0n) is 14.9. The maximum Gasteiger partial charge on any atom is 0.306 e. The zero-order valence-corrected chi connectivity index (χ0v) is 14.9. The number of aliphatic carboxylic acids is 1. The SMILES string of the molecule is C=CCCC(CN1CCC(C(=O)O)CC1)Oc1cnc2ccccc2n1. The van der Waals surface area contributed by atoms with Crippen LogP contribution in [0.5, 0.6) is 5.88 Å². The molecule has 1 fully saturated rings. The number of aromatic nitrogens is 2. The topological polar surface area (TPSA) is 75.6 Å². The number of benzene rings is 1. The molecule has 1 saturated heterocycles. The second kappa shape index (κ2) is 8.76. The minimum Gasteiger partial charge on any atom is -0.481 e. The summed E-state index contributed by atoms with van der Waals surface area (Å²) < 4.78 is 6.12. The van der Waals surface area contributed by atoms with Crippen LogP contribution in [0.1, 0.15) is 25.7 Å². The van der Waals surface area contributed by atoms with Crippen molar-refractivity contribution in [2.24, 2.45) is 5.92 Å². The van der Waals surface area contributed by atoms with Crippen LogP contribution in [0, 0.1) is 5.92 Å². The molecule has 1 N–H and O–H groups in total. The van der Waals surface area contributed by atoms with E-state index >= 15 is 0 Å². The van der Waals surface area contributed by atoms with Crippen LogP contribution in [0.15, 0.2) is 43.1 Å². The molecule has 26 heavy (non-hydrogen) atoms. The summed E-state index contributed by atoms with van der Waals surface area (Å²) in [4.78, 5) is 22.3. The first-order chi connectivity index (χ1) is 12.7. The van der Waals surface area contributed by atoms with Crippen molar-refractivity contribution < 1.29 is 14.6 Å². The average molecular weight is 355 g/mol. The smallest absolute Gasteiger partial charge is 0.306 e. The number of rotatable bonds is 8. The van der Waals surface area contributed by atoms with Crippen molar-refractivity contribution in [2.75, 3.05) is 19.6 Å². The molecule has 0 aliphatic carbocycles. The van der Waals surface area contributed by atoms with Crippen molar-refractivity contribution in [3.05, 3.63) is 43.1 Å². The Balaban J connectivity index is 1.63. The molecular formula is C20H25N3O3. The van der Waals surface area contributed by atoms with Gasteiger partial charge in [0.1, 0.15) is 6.10 Å². The van der Waals surface area contributed by atoms with Gasteiger partial charge in [0, 0.05) is 6.54 Å². The molecule has 2 aromatic rings. The Morgan fingerprint density at radius 3 is 2.77 bits per heavy atom. The fraction of sp³-hybridized carbons (Fsp3) is 0.450. The number of hydrogen-bond donors (Lipinski definition) is 1. The van der Waals surface area contributed by atoms with Gasteiger partial charge in [-0.05, 0) is 50.9 Å². The van der Waals surface area contributed by atoms with E-state index in [-0.39, 0.29) is 12.0 Å². The molecule has 6 nitrogen and oxygen atoms in total. The number of piperidine rings is 1. The molecule has 1 atom stereocenters. The van der Waals surface area contributed by atoms with Gasteiger partial charge >= 0.3 is 5.97 Å². The molecule has 1 aromatic carbocycles. The van der Waals surface area contributed by atoms with Crippen LogP contribution in [0.25, 0.3) is 11.0 Å². The third-order valence-electron chi connectivity index (χ3n) is 4.81. The highest BCUT2D eigenvalue weighted by molar-refractivity contribution is 5.74. The highest BCUT2D eigenvalue weighted by Gasteiger charge is 2.26. The van der Waals surface area contributed by atoms with Crippen molar-refractivity contribution in [3.63, 3.8) is 0 Å². The molecule has 6 heteroatoms. The first-order valence-corrected chi connectivity index (χ1v) is 9.10. The summed E-state index contributed by atoms with van der Waals surface area (Å²) in [5, 5.41) is 9.13. The summed E-state index contributed by atoms with van der Waals surface area (Å²) in [7, 11) is 0. The Labute approximate surface area is 153 Å². The van der Waals surface area contributed by atoms with E-state index in [9.17, 15) is 4.79 Å². The molecular weight excluding hydrogens is 330 g/mol. The van der Waals surface area contributed by atoms with Crippen LogP contribution >= 0.6 is 0 Å². The number of carboxylic acids is 1. The predicted molar refractivity (Wildman–Crippen MR) is 100 cm³/mol. The van der Waals surface area contributed by atoms with Crippen LogP contribution in [-0.2, 0) is 4.79 Å². The summed E-state index contributed by atoms with van der Waals surface area (Å²) in [6.07, 6.45) is 6.62. The van der Waals surface area contributed by atoms with E-state index in [0.29, 0.717) is 18.7 Å². The van der Waals surface area contributed by atoms with Gasteiger partial charge in [-0.1, -0.05) is 18.2 Å². The van der Waals surface area contributed by atoms with Gasteiger partial charge in [0.15, 0.2) is 0 Å². The Bertz CT molecular complexity index is 757. The average Bonchev–Trinajstić information content (AvgIpc) is 2.66. The van der Waals surface area contributed by atoms with Crippen LogP contribution in [0.3, 0.4) is 0 Å². The monoisotopic (exact) mass is 355 g/mol. The minimum absolute atomic E-state index is 0.0233. The van der Waals surface area contributed by atoms with E-state index < -0.39 is 5.97 Å². The Hall–Kier alpha value is -2.47. The lowest BCUT2D eigenvalue weighted by Crippen LogP contribution is -2.42. The molecule has 1 aliphatic heterocycles. The standard InChI is InChI=1S/C20H25N3O3/c1-2-3-6-16(14-23-11-9-15(10-12-23)20(24)25)26-19-13-21-17-7-4-5-8-18(17)22-19/h2,4-5,7-8,13,15-16H,1,3,6,9-12,14H2,(H,24,25). The summed E-state index contributed by atoms with van der Waals surface area (Å²) in [6, 6.07) is 7.71. The molecule has 2 heterocycles. The number of allylic oxidation sites excluding steroid dienone is 1.